The van der Waals surface area contributed by atoms with Crippen molar-refractivity contribution < 1.29 is 9.90 Å². The van der Waals surface area contributed by atoms with Gasteiger partial charge in [-0.25, -0.2) is 0 Å². The van der Waals surface area contributed by atoms with Crippen LogP contribution in [0.2, 0.25) is 0 Å². The van der Waals surface area contributed by atoms with Gasteiger partial charge >= 0.3 is 5.97 Å². The summed E-state index contributed by atoms with van der Waals surface area (Å²) in [6.07, 6.45) is 2.50. The fourth-order valence-electron chi connectivity index (χ4n) is 1.71. The van der Waals surface area contributed by atoms with E-state index < -0.39 is 12.0 Å². The number of hydrogen-bond acceptors (Lipinski definition) is 2. The molecule has 3 heteroatoms. The minimum absolute atomic E-state index is 0.339. The molecule has 1 aromatic carbocycles. The number of nitrogens with two attached hydrogens (primary N) is 1. The fraction of sp³-hybridized carbons (Fsp3) is 0.462. The molecule has 88 valence electrons. The zero-order valence-corrected chi connectivity index (χ0v) is 9.60. The summed E-state index contributed by atoms with van der Waals surface area (Å²) >= 11 is 0. The van der Waals surface area contributed by atoms with Crippen molar-refractivity contribution in [2.45, 2.75) is 32.2 Å². The van der Waals surface area contributed by atoms with Gasteiger partial charge in [-0.1, -0.05) is 37.3 Å². The van der Waals surface area contributed by atoms with Crippen molar-refractivity contribution in [1.29, 1.82) is 0 Å². The Bertz CT molecular complexity index is 324. The molecule has 0 saturated carbocycles. The topological polar surface area (TPSA) is 63.3 Å². The molecule has 1 rings (SSSR count). The van der Waals surface area contributed by atoms with Crippen LogP contribution in [0, 0.1) is 5.92 Å². The summed E-state index contributed by atoms with van der Waals surface area (Å²) in [5.41, 5.74) is 6.78. The summed E-state index contributed by atoms with van der Waals surface area (Å²) in [6, 6.07) is 9.47. The molecular formula is C13H19NO2. The molecule has 0 aliphatic carbocycles. The number of carboxylic acids is 1. The molecule has 0 bridgehead atoms. The maximum Gasteiger partial charge on any atom is 0.320 e. The molecule has 0 radical (unpaired) electrons. The second-order valence-corrected chi connectivity index (χ2v) is 4.31. The molecular weight excluding hydrogens is 202 g/mol. The molecule has 0 heterocycles. The van der Waals surface area contributed by atoms with Crippen molar-refractivity contribution in [3.63, 3.8) is 0 Å². The van der Waals surface area contributed by atoms with Crippen LogP contribution >= 0.6 is 0 Å². The van der Waals surface area contributed by atoms with E-state index in [1.165, 1.54) is 5.56 Å². The maximum atomic E-state index is 10.6. The van der Waals surface area contributed by atoms with E-state index in [1.54, 1.807) is 0 Å². The van der Waals surface area contributed by atoms with E-state index in [1.807, 2.05) is 25.1 Å². The third kappa shape index (κ3) is 4.45. The summed E-state index contributed by atoms with van der Waals surface area (Å²) in [5, 5.41) is 8.69. The molecule has 0 aliphatic rings. The van der Waals surface area contributed by atoms with Crippen LogP contribution in [0.4, 0.5) is 0 Å². The lowest BCUT2D eigenvalue weighted by Crippen LogP contribution is -2.31. The Labute approximate surface area is 96.3 Å². The predicted octanol–water partition coefficient (Wildman–Crippen LogP) is 2.06. The monoisotopic (exact) mass is 221 g/mol. The lowest BCUT2D eigenvalue weighted by Gasteiger charge is -2.13. The highest BCUT2D eigenvalue weighted by Gasteiger charge is 2.15. The molecule has 2 atom stereocenters. The van der Waals surface area contributed by atoms with Crippen LogP contribution in [0.5, 0.6) is 0 Å². The number of hydrogen-bond donors (Lipinski definition) is 2. The van der Waals surface area contributed by atoms with Crippen LogP contribution in [-0.4, -0.2) is 17.1 Å². The number of aryl methyl sites for hydroxylation is 1. The number of aliphatic carboxylic acids is 1. The largest absolute Gasteiger partial charge is 0.480 e. The molecule has 1 unspecified atom stereocenters. The lowest BCUT2D eigenvalue weighted by molar-refractivity contribution is -0.138. The molecule has 0 amide bonds. The van der Waals surface area contributed by atoms with Crippen LogP contribution in [-0.2, 0) is 11.2 Å². The van der Waals surface area contributed by atoms with Crippen LogP contribution in [0.3, 0.4) is 0 Å². The van der Waals surface area contributed by atoms with Gasteiger partial charge in [-0.15, -0.1) is 0 Å². The smallest absolute Gasteiger partial charge is 0.320 e. The molecule has 0 saturated heterocycles. The van der Waals surface area contributed by atoms with Crippen molar-refractivity contribution >= 4 is 5.97 Å². The predicted molar refractivity (Wildman–Crippen MR) is 64.2 cm³/mol. The molecule has 3 N–H and O–H groups in total. The summed E-state index contributed by atoms with van der Waals surface area (Å²) in [6.45, 7) is 2.05. The quantitative estimate of drug-likeness (QED) is 0.772. The first-order valence-electron chi connectivity index (χ1n) is 5.62. The highest BCUT2D eigenvalue weighted by atomic mass is 16.4. The van der Waals surface area contributed by atoms with E-state index >= 15 is 0 Å². The van der Waals surface area contributed by atoms with Crippen LogP contribution in [0.1, 0.15) is 25.3 Å². The van der Waals surface area contributed by atoms with Gasteiger partial charge in [0.1, 0.15) is 6.04 Å². The normalized spacial score (nSPS) is 14.4. The Kier molecular flexibility index (Phi) is 4.99. The van der Waals surface area contributed by atoms with Gasteiger partial charge < -0.3 is 10.8 Å². The molecule has 0 aliphatic heterocycles. The van der Waals surface area contributed by atoms with Crippen LogP contribution in [0.15, 0.2) is 30.3 Å². The van der Waals surface area contributed by atoms with Gasteiger partial charge in [0, 0.05) is 0 Å². The number of carboxylic acid groups (broad SMARTS) is 1. The molecule has 1 aromatic rings. The van der Waals surface area contributed by atoms with Gasteiger partial charge in [-0.3, -0.25) is 4.79 Å². The molecule has 16 heavy (non-hydrogen) atoms. The molecule has 0 aromatic heterocycles. The Morgan fingerprint density at radius 2 is 2.00 bits per heavy atom. The van der Waals surface area contributed by atoms with Gasteiger partial charge in [0.15, 0.2) is 0 Å². The highest BCUT2D eigenvalue weighted by molar-refractivity contribution is 5.72. The maximum absolute atomic E-state index is 10.6. The second kappa shape index (κ2) is 6.28. The van der Waals surface area contributed by atoms with Crippen molar-refractivity contribution in [3.8, 4) is 0 Å². The first-order chi connectivity index (χ1) is 7.59. The third-order valence-corrected chi connectivity index (χ3v) is 2.74. The zero-order valence-electron chi connectivity index (χ0n) is 9.60. The van der Waals surface area contributed by atoms with E-state index in [4.69, 9.17) is 10.8 Å². The second-order valence-electron chi connectivity index (χ2n) is 4.31. The lowest BCUT2D eigenvalue weighted by atomic mass is 9.95. The van der Waals surface area contributed by atoms with Crippen molar-refractivity contribution in [1.82, 2.24) is 0 Å². The van der Waals surface area contributed by atoms with Crippen molar-refractivity contribution in [2.24, 2.45) is 11.7 Å². The minimum atomic E-state index is -0.911. The average Bonchev–Trinajstić information content (AvgIpc) is 2.27. The van der Waals surface area contributed by atoms with Crippen LogP contribution in [0.25, 0.3) is 0 Å². The van der Waals surface area contributed by atoms with E-state index in [2.05, 4.69) is 12.1 Å². The Morgan fingerprint density at radius 3 is 2.56 bits per heavy atom. The van der Waals surface area contributed by atoms with E-state index in [0.29, 0.717) is 12.3 Å². The number of carbonyl (C=O) groups is 1. The Balaban J connectivity index is 2.30. The third-order valence-electron chi connectivity index (χ3n) is 2.74. The van der Waals surface area contributed by atoms with Gasteiger partial charge in [0.2, 0.25) is 0 Å². The van der Waals surface area contributed by atoms with Crippen LogP contribution < -0.4 is 5.73 Å². The van der Waals surface area contributed by atoms with Gasteiger partial charge in [0.25, 0.3) is 0 Å². The SMILES string of the molecule is CC(CCc1ccccc1)C[C@@H](N)C(=O)O. The minimum Gasteiger partial charge on any atom is -0.480 e. The van der Waals surface area contributed by atoms with E-state index in [-0.39, 0.29) is 0 Å². The summed E-state index contributed by atoms with van der Waals surface area (Å²) in [4.78, 5) is 10.6. The van der Waals surface area contributed by atoms with Crippen molar-refractivity contribution in [2.75, 3.05) is 0 Å². The van der Waals surface area contributed by atoms with Gasteiger partial charge in [0.05, 0.1) is 0 Å². The highest BCUT2D eigenvalue weighted by Crippen LogP contribution is 2.13. The summed E-state index contributed by atoms with van der Waals surface area (Å²) < 4.78 is 0. The number of benzene rings is 1. The number of rotatable bonds is 6. The molecule has 0 spiro atoms. The zero-order chi connectivity index (χ0) is 12.0. The first-order valence-corrected chi connectivity index (χ1v) is 5.62. The Morgan fingerprint density at radius 1 is 1.38 bits per heavy atom. The molecule has 0 fully saturated rings. The summed E-state index contributed by atoms with van der Waals surface area (Å²) in [7, 11) is 0. The van der Waals surface area contributed by atoms with E-state index in [0.717, 1.165) is 12.8 Å². The van der Waals surface area contributed by atoms with Gasteiger partial charge in [-0.2, -0.15) is 0 Å². The standard InChI is InChI=1S/C13H19NO2/c1-10(9-12(14)13(15)16)7-8-11-5-3-2-4-6-11/h2-6,10,12H,7-9,14H2,1H3,(H,15,16)/t10?,12-/m1/s1. The fourth-order valence-corrected chi connectivity index (χ4v) is 1.71. The van der Waals surface area contributed by atoms with Gasteiger partial charge in [-0.05, 0) is 30.7 Å². The average molecular weight is 221 g/mol. The summed E-state index contributed by atoms with van der Waals surface area (Å²) in [5.74, 6) is -0.571. The van der Waals surface area contributed by atoms with E-state index in [9.17, 15) is 4.79 Å². The Hall–Kier alpha value is -1.35. The first kappa shape index (κ1) is 12.7. The molecule has 3 nitrogen and oxygen atoms in total. The van der Waals surface area contributed by atoms with Crippen molar-refractivity contribution in [3.05, 3.63) is 35.9 Å².